The van der Waals surface area contributed by atoms with Crippen LogP contribution < -0.4 is 11.4 Å². The Hall–Kier alpha value is -2.31. The molecule has 0 aromatic carbocycles. The number of carbonyl (C=O) groups excluding carboxylic acids is 1. The minimum atomic E-state index is -0.234. The van der Waals surface area contributed by atoms with Gasteiger partial charge in [0.25, 0.3) is 5.91 Å². The average molecular weight is 249 g/mol. The molecule has 18 heavy (non-hydrogen) atoms. The molecule has 7 nitrogen and oxygen atoms in total. The van der Waals surface area contributed by atoms with Crippen molar-refractivity contribution in [2.75, 3.05) is 5.73 Å². The molecule has 3 N–H and O–H groups in total. The van der Waals surface area contributed by atoms with E-state index in [1.165, 1.54) is 10.8 Å². The molecule has 0 fully saturated rings. The first-order chi connectivity index (χ1) is 8.50. The van der Waals surface area contributed by atoms with E-state index in [1.54, 1.807) is 6.07 Å². The van der Waals surface area contributed by atoms with E-state index in [0.29, 0.717) is 12.4 Å². The highest BCUT2D eigenvalue weighted by atomic mass is 16.2. The van der Waals surface area contributed by atoms with Gasteiger partial charge in [-0.15, -0.1) is 0 Å². The number of nitrogens with zero attached hydrogens (tertiary/aromatic N) is 3. The SMILES string of the molecule is Cc1[nH]c(=O)n(CCC(=O)n2nccc2N)c1C. The van der Waals surface area contributed by atoms with Crippen molar-refractivity contribution in [3.63, 3.8) is 0 Å². The minimum Gasteiger partial charge on any atom is -0.383 e. The van der Waals surface area contributed by atoms with Crippen molar-refractivity contribution >= 4 is 11.7 Å². The molecular weight excluding hydrogens is 234 g/mol. The third-order valence-corrected chi connectivity index (χ3v) is 2.94. The first kappa shape index (κ1) is 12.2. The Balaban J connectivity index is 2.11. The Labute approximate surface area is 103 Å². The molecule has 0 aliphatic carbocycles. The van der Waals surface area contributed by atoms with Crippen LogP contribution in [0.3, 0.4) is 0 Å². The van der Waals surface area contributed by atoms with Crippen molar-refractivity contribution in [3.05, 3.63) is 34.1 Å². The van der Waals surface area contributed by atoms with E-state index in [4.69, 9.17) is 5.73 Å². The normalized spacial score (nSPS) is 10.8. The van der Waals surface area contributed by atoms with Crippen LogP contribution in [-0.4, -0.2) is 25.2 Å². The fourth-order valence-corrected chi connectivity index (χ4v) is 1.78. The number of aromatic amines is 1. The summed E-state index contributed by atoms with van der Waals surface area (Å²) < 4.78 is 2.67. The number of imidazole rings is 1. The first-order valence-corrected chi connectivity index (χ1v) is 5.59. The molecule has 0 atom stereocenters. The smallest absolute Gasteiger partial charge is 0.325 e. The maximum absolute atomic E-state index is 11.8. The van der Waals surface area contributed by atoms with Crippen molar-refractivity contribution in [2.24, 2.45) is 0 Å². The minimum absolute atomic E-state index is 0.171. The standard InChI is InChI=1S/C11H15N5O2/c1-7-8(2)15(11(18)14-7)6-4-10(17)16-9(12)3-5-13-16/h3,5H,4,6,12H2,1-2H3,(H,14,18). The maximum atomic E-state index is 11.8. The largest absolute Gasteiger partial charge is 0.383 e. The van der Waals surface area contributed by atoms with Crippen LogP contribution in [-0.2, 0) is 6.54 Å². The van der Waals surface area contributed by atoms with Gasteiger partial charge in [0.05, 0.1) is 6.20 Å². The number of aryl methyl sites for hydroxylation is 1. The molecule has 7 heteroatoms. The van der Waals surface area contributed by atoms with Crippen LogP contribution in [0.1, 0.15) is 22.6 Å². The molecule has 2 aromatic rings. The molecule has 0 bridgehead atoms. The summed E-state index contributed by atoms with van der Waals surface area (Å²) in [5.74, 6) is 0.0666. The van der Waals surface area contributed by atoms with E-state index in [-0.39, 0.29) is 18.0 Å². The van der Waals surface area contributed by atoms with Gasteiger partial charge in [-0.2, -0.15) is 9.78 Å². The van der Waals surface area contributed by atoms with E-state index in [2.05, 4.69) is 10.1 Å². The monoisotopic (exact) mass is 249 g/mol. The average Bonchev–Trinajstić information content (AvgIpc) is 2.83. The molecule has 2 aromatic heterocycles. The van der Waals surface area contributed by atoms with Gasteiger partial charge in [-0.25, -0.2) is 4.79 Å². The summed E-state index contributed by atoms with van der Waals surface area (Å²) >= 11 is 0. The molecule has 0 unspecified atom stereocenters. The van der Waals surface area contributed by atoms with Crippen LogP contribution in [0, 0.1) is 13.8 Å². The van der Waals surface area contributed by atoms with Crippen LogP contribution in [0.5, 0.6) is 0 Å². The summed E-state index contributed by atoms with van der Waals surface area (Å²) in [6.45, 7) is 3.97. The molecule has 0 saturated heterocycles. The fourth-order valence-electron chi connectivity index (χ4n) is 1.78. The Morgan fingerprint density at radius 3 is 2.72 bits per heavy atom. The Morgan fingerprint density at radius 2 is 2.22 bits per heavy atom. The van der Waals surface area contributed by atoms with Crippen molar-refractivity contribution in [1.29, 1.82) is 0 Å². The van der Waals surface area contributed by atoms with Crippen molar-refractivity contribution in [3.8, 4) is 0 Å². The van der Waals surface area contributed by atoms with Gasteiger partial charge in [-0.1, -0.05) is 0 Å². The maximum Gasteiger partial charge on any atom is 0.325 e. The molecule has 2 heterocycles. The lowest BCUT2D eigenvalue weighted by Crippen LogP contribution is -2.22. The summed E-state index contributed by atoms with van der Waals surface area (Å²) in [5.41, 5.74) is 7.02. The topological polar surface area (TPSA) is 98.7 Å². The van der Waals surface area contributed by atoms with Crippen LogP contribution in [0.15, 0.2) is 17.1 Å². The third-order valence-electron chi connectivity index (χ3n) is 2.94. The molecular formula is C11H15N5O2. The molecule has 96 valence electrons. The van der Waals surface area contributed by atoms with Crippen LogP contribution in [0.2, 0.25) is 0 Å². The first-order valence-electron chi connectivity index (χ1n) is 5.59. The van der Waals surface area contributed by atoms with Crippen LogP contribution in [0.25, 0.3) is 0 Å². The van der Waals surface area contributed by atoms with Gasteiger partial charge in [0.1, 0.15) is 5.82 Å². The highest BCUT2D eigenvalue weighted by Crippen LogP contribution is 2.04. The molecule has 0 radical (unpaired) electrons. The second-order valence-corrected chi connectivity index (χ2v) is 4.10. The molecule has 0 aliphatic heterocycles. The predicted octanol–water partition coefficient (Wildman–Crippen LogP) is 0.302. The number of nitrogens with two attached hydrogens (primary N) is 1. The van der Waals surface area contributed by atoms with Crippen molar-refractivity contribution < 1.29 is 4.79 Å². The summed E-state index contributed by atoms with van der Waals surface area (Å²) in [5, 5.41) is 3.82. The lowest BCUT2D eigenvalue weighted by molar-refractivity contribution is 0.0883. The lowest BCUT2D eigenvalue weighted by atomic mass is 10.3. The molecule has 0 saturated carbocycles. The number of nitrogen functional groups attached to an aromatic ring is 1. The van der Waals surface area contributed by atoms with Crippen LogP contribution in [0.4, 0.5) is 5.82 Å². The Morgan fingerprint density at radius 1 is 1.50 bits per heavy atom. The Kier molecular flexibility index (Phi) is 3.05. The summed E-state index contributed by atoms with van der Waals surface area (Å²) in [4.78, 5) is 26.1. The number of anilines is 1. The van der Waals surface area contributed by atoms with Crippen LogP contribution >= 0.6 is 0 Å². The summed E-state index contributed by atoms with van der Waals surface area (Å²) in [6.07, 6.45) is 1.63. The Bertz CT molecular complexity index is 634. The van der Waals surface area contributed by atoms with E-state index in [0.717, 1.165) is 16.1 Å². The number of nitrogens with one attached hydrogen (secondary N) is 1. The summed E-state index contributed by atoms with van der Waals surface area (Å²) in [6, 6.07) is 1.55. The number of rotatable bonds is 3. The number of hydrogen-bond donors (Lipinski definition) is 2. The molecule has 0 amide bonds. The zero-order valence-electron chi connectivity index (χ0n) is 10.3. The highest BCUT2D eigenvalue weighted by Gasteiger charge is 2.12. The van der Waals surface area contributed by atoms with Gasteiger partial charge < -0.3 is 10.7 Å². The number of carbonyl (C=O) groups is 1. The van der Waals surface area contributed by atoms with Gasteiger partial charge in [-0.05, 0) is 13.8 Å². The van der Waals surface area contributed by atoms with E-state index in [9.17, 15) is 9.59 Å². The highest BCUT2D eigenvalue weighted by molar-refractivity contribution is 5.80. The van der Waals surface area contributed by atoms with Gasteiger partial charge in [0, 0.05) is 30.4 Å². The predicted molar refractivity (Wildman–Crippen MR) is 66.4 cm³/mol. The van der Waals surface area contributed by atoms with E-state index >= 15 is 0 Å². The fraction of sp³-hybridized carbons (Fsp3) is 0.364. The number of hydrogen-bond acceptors (Lipinski definition) is 4. The second kappa shape index (κ2) is 4.52. The molecule has 2 rings (SSSR count). The van der Waals surface area contributed by atoms with Gasteiger partial charge in [0.2, 0.25) is 0 Å². The quantitative estimate of drug-likeness (QED) is 0.817. The van der Waals surface area contributed by atoms with Gasteiger partial charge in [0.15, 0.2) is 0 Å². The number of aromatic nitrogens is 4. The van der Waals surface area contributed by atoms with E-state index in [1.807, 2.05) is 13.8 Å². The second-order valence-electron chi connectivity index (χ2n) is 4.10. The molecule has 0 spiro atoms. The zero-order chi connectivity index (χ0) is 13.3. The van der Waals surface area contributed by atoms with Crippen molar-refractivity contribution in [2.45, 2.75) is 26.8 Å². The van der Waals surface area contributed by atoms with E-state index < -0.39 is 0 Å². The lowest BCUT2D eigenvalue weighted by Gasteiger charge is -2.05. The van der Waals surface area contributed by atoms with Gasteiger partial charge in [-0.3, -0.25) is 9.36 Å². The zero-order valence-corrected chi connectivity index (χ0v) is 10.3. The van der Waals surface area contributed by atoms with Crippen molar-refractivity contribution in [1.82, 2.24) is 19.3 Å². The summed E-state index contributed by atoms with van der Waals surface area (Å²) in [7, 11) is 0. The van der Waals surface area contributed by atoms with Gasteiger partial charge >= 0.3 is 5.69 Å². The molecule has 0 aliphatic rings. The third kappa shape index (κ3) is 2.06. The number of H-pyrrole nitrogens is 1.